The molecule has 0 fully saturated rings. The summed E-state index contributed by atoms with van der Waals surface area (Å²) in [4.78, 5) is 38.5. The molecular formula is C17H13N5O5. The van der Waals surface area contributed by atoms with E-state index in [1.165, 1.54) is 42.6 Å². The van der Waals surface area contributed by atoms with Gasteiger partial charge >= 0.3 is 5.97 Å². The van der Waals surface area contributed by atoms with Crippen molar-refractivity contribution in [2.45, 2.75) is 0 Å². The number of ether oxygens (including phenoxy) is 1. The maximum Gasteiger partial charge on any atom is 0.337 e. The van der Waals surface area contributed by atoms with Crippen molar-refractivity contribution < 1.29 is 19.2 Å². The Hall–Kier alpha value is -4.08. The van der Waals surface area contributed by atoms with Crippen LogP contribution < -0.4 is 5.32 Å². The molecule has 0 bridgehead atoms. The first-order valence-electron chi connectivity index (χ1n) is 7.63. The van der Waals surface area contributed by atoms with Gasteiger partial charge in [0.1, 0.15) is 18.3 Å². The van der Waals surface area contributed by atoms with Gasteiger partial charge in [0.05, 0.1) is 17.6 Å². The summed E-state index contributed by atoms with van der Waals surface area (Å²) in [5, 5.41) is 17.8. The minimum atomic E-state index is -0.605. The number of esters is 1. The van der Waals surface area contributed by atoms with Crippen molar-refractivity contribution in [2.75, 3.05) is 12.4 Å². The minimum absolute atomic E-state index is 0.0778. The highest BCUT2D eigenvalue weighted by Gasteiger charge is 2.19. The molecule has 0 aliphatic heterocycles. The first-order chi connectivity index (χ1) is 13.0. The smallest absolute Gasteiger partial charge is 0.337 e. The van der Waals surface area contributed by atoms with Crippen molar-refractivity contribution in [1.82, 2.24) is 14.8 Å². The number of hydrogen-bond donors (Lipinski definition) is 1. The number of hydrogen-bond acceptors (Lipinski definition) is 7. The highest BCUT2D eigenvalue weighted by atomic mass is 16.6. The normalized spacial score (nSPS) is 10.3. The molecule has 10 nitrogen and oxygen atoms in total. The van der Waals surface area contributed by atoms with Crippen molar-refractivity contribution in [3.8, 4) is 5.69 Å². The Labute approximate surface area is 152 Å². The zero-order chi connectivity index (χ0) is 19.4. The highest BCUT2D eigenvalue weighted by Crippen LogP contribution is 2.24. The lowest BCUT2D eigenvalue weighted by molar-refractivity contribution is -0.384. The molecule has 1 amide bonds. The summed E-state index contributed by atoms with van der Waals surface area (Å²) in [6.45, 7) is 0. The number of nitrogens with one attached hydrogen (secondary N) is 1. The largest absolute Gasteiger partial charge is 0.465 e. The number of benzene rings is 2. The van der Waals surface area contributed by atoms with Gasteiger partial charge in [-0.15, -0.1) is 0 Å². The van der Waals surface area contributed by atoms with E-state index in [-0.39, 0.29) is 22.5 Å². The molecule has 10 heteroatoms. The van der Waals surface area contributed by atoms with Gasteiger partial charge in [-0.1, -0.05) is 6.07 Å². The number of nitro groups is 1. The molecule has 1 heterocycles. The van der Waals surface area contributed by atoms with E-state index in [1.54, 1.807) is 18.2 Å². The zero-order valence-corrected chi connectivity index (χ0v) is 14.0. The molecular weight excluding hydrogens is 354 g/mol. The minimum Gasteiger partial charge on any atom is -0.465 e. The Morgan fingerprint density at radius 1 is 1.19 bits per heavy atom. The summed E-state index contributed by atoms with van der Waals surface area (Å²) >= 11 is 0. The second kappa shape index (κ2) is 7.44. The van der Waals surface area contributed by atoms with Crippen molar-refractivity contribution in [3.63, 3.8) is 0 Å². The molecule has 0 atom stereocenters. The van der Waals surface area contributed by atoms with E-state index in [4.69, 9.17) is 0 Å². The van der Waals surface area contributed by atoms with Crippen LogP contribution in [0.4, 0.5) is 11.4 Å². The molecule has 3 aromatic rings. The van der Waals surface area contributed by atoms with E-state index in [0.717, 1.165) is 6.07 Å². The van der Waals surface area contributed by atoms with E-state index >= 15 is 0 Å². The number of carbonyl (C=O) groups is 2. The summed E-state index contributed by atoms with van der Waals surface area (Å²) < 4.78 is 5.87. The second-order valence-electron chi connectivity index (χ2n) is 5.33. The molecule has 0 saturated heterocycles. The van der Waals surface area contributed by atoms with Gasteiger partial charge in [-0.25, -0.2) is 14.5 Å². The Morgan fingerprint density at radius 2 is 2.00 bits per heavy atom. The van der Waals surface area contributed by atoms with Crippen LogP contribution in [0.5, 0.6) is 0 Å². The number of nitrogens with zero attached hydrogens (tertiary/aromatic N) is 4. The van der Waals surface area contributed by atoms with Crippen molar-refractivity contribution in [3.05, 3.63) is 76.4 Å². The van der Waals surface area contributed by atoms with Gasteiger partial charge in [-0.05, 0) is 30.3 Å². The molecule has 0 spiro atoms. The van der Waals surface area contributed by atoms with E-state index in [2.05, 4.69) is 20.1 Å². The van der Waals surface area contributed by atoms with Gasteiger partial charge in [-0.2, -0.15) is 5.10 Å². The molecule has 1 aromatic heterocycles. The third-order valence-electron chi connectivity index (χ3n) is 3.64. The van der Waals surface area contributed by atoms with E-state index in [9.17, 15) is 19.7 Å². The third kappa shape index (κ3) is 3.79. The average molecular weight is 367 g/mol. The Balaban J connectivity index is 1.88. The van der Waals surface area contributed by atoms with E-state index in [1.807, 2.05) is 0 Å². The van der Waals surface area contributed by atoms with Crippen LogP contribution in [0.2, 0.25) is 0 Å². The number of nitro benzene ring substituents is 1. The average Bonchev–Trinajstić information content (AvgIpc) is 3.21. The number of methoxy groups -OCH3 is 1. The quantitative estimate of drug-likeness (QED) is 0.416. The van der Waals surface area contributed by atoms with E-state index < -0.39 is 16.8 Å². The number of aromatic nitrogens is 3. The van der Waals surface area contributed by atoms with Crippen LogP contribution in [0.25, 0.3) is 5.69 Å². The molecule has 0 saturated carbocycles. The summed E-state index contributed by atoms with van der Waals surface area (Å²) in [5.41, 5.74) is 0.584. The predicted molar refractivity (Wildman–Crippen MR) is 93.7 cm³/mol. The monoisotopic (exact) mass is 367 g/mol. The zero-order valence-electron chi connectivity index (χ0n) is 14.0. The summed E-state index contributed by atoms with van der Waals surface area (Å²) in [7, 11) is 1.25. The number of carbonyl (C=O) groups excluding carboxylic acids is 2. The van der Waals surface area contributed by atoms with Crippen LogP contribution in [-0.4, -0.2) is 38.7 Å². The van der Waals surface area contributed by atoms with Gasteiger partial charge in [-0.3, -0.25) is 14.9 Å². The first kappa shape index (κ1) is 17.7. The molecule has 1 N–H and O–H groups in total. The second-order valence-corrected chi connectivity index (χ2v) is 5.33. The standard InChI is InChI=1S/C17H13N5O5/c1-27-17(24)12-3-2-4-13(7-12)20-16(23)11-5-6-14(15(8-11)22(25)26)21-10-18-9-19-21/h2-10H,1H3,(H,20,23). The SMILES string of the molecule is COC(=O)c1cccc(NC(=O)c2ccc(-n3cncn3)c([N+](=O)[O-])c2)c1. The van der Waals surface area contributed by atoms with Crippen molar-refractivity contribution >= 4 is 23.3 Å². The van der Waals surface area contributed by atoms with Crippen LogP contribution in [-0.2, 0) is 4.74 Å². The fourth-order valence-electron chi connectivity index (χ4n) is 2.38. The summed E-state index contributed by atoms with van der Waals surface area (Å²) in [6.07, 6.45) is 2.57. The molecule has 136 valence electrons. The number of amides is 1. The van der Waals surface area contributed by atoms with Crippen LogP contribution in [0.15, 0.2) is 55.1 Å². The fraction of sp³-hybridized carbons (Fsp3) is 0.0588. The van der Waals surface area contributed by atoms with Gasteiger partial charge in [0.15, 0.2) is 0 Å². The van der Waals surface area contributed by atoms with Gasteiger partial charge in [0.25, 0.3) is 11.6 Å². The third-order valence-corrected chi connectivity index (χ3v) is 3.64. The molecule has 2 aromatic carbocycles. The number of anilines is 1. The fourth-order valence-corrected chi connectivity index (χ4v) is 2.38. The maximum absolute atomic E-state index is 12.5. The molecule has 3 rings (SSSR count). The summed E-state index contributed by atoms with van der Waals surface area (Å²) in [5.74, 6) is -1.11. The van der Waals surface area contributed by atoms with Crippen molar-refractivity contribution in [1.29, 1.82) is 0 Å². The summed E-state index contributed by atoms with van der Waals surface area (Å²) in [6, 6.07) is 10.1. The van der Waals surface area contributed by atoms with Crippen molar-refractivity contribution in [2.24, 2.45) is 0 Å². The van der Waals surface area contributed by atoms with Gasteiger partial charge < -0.3 is 10.1 Å². The Kier molecular flexibility index (Phi) is 4.88. The predicted octanol–water partition coefficient (Wildman–Crippen LogP) is 2.21. The molecule has 0 radical (unpaired) electrons. The Morgan fingerprint density at radius 3 is 2.67 bits per heavy atom. The van der Waals surface area contributed by atoms with Gasteiger partial charge in [0.2, 0.25) is 0 Å². The van der Waals surface area contributed by atoms with Crippen LogP contribution >= 0.6 is 0 Å². The van der Waals surface area contributed by atoms with Gasteiger partial charge in [0, 0.05) is 17.3 Å². The molecule has 27 heavy (non-hydrogen) atoms. The van der Waals surface area contributed by atoms with Crippen LogP contribution in [0.1, 0.15) is 20.7 Å². The van der Waals surface area contributed by atoms with E-state index in [0.29, 0.717) is 5.69 Å². The lowest BCUT2D eigenvalue weighted by Crippen LogP contribution is -2.13. The molecule has 0 unspecified atom stereocenters. The Bertz CT molecular complexity index is 1020. The molecule has 0 aliphatic rings. The van der Waals surface area contributed by atoms with Crippen LogP contribution in [0.3, 0.4) is 0 Å². The lowest BCUT2D eigenvalue weighted by atomic mass is 10.1. The molecule has 0 aliphatic carbocycles. The lowest BCUT2D eigenvalue weighted by Gasteiger charge is -2.08. The number of rotatable bonds is 5. The van der Waals surface area contributed by atoms with Crippen LogP contribution in [0, 0.1) is 10.1 Å². The highest BCUT2D eigenvalue weighted by molar-refractivity contribution is 6.05. The first-order valence-corrected chi connectivity index (χ1v) is 7.63. The maximum atomic E-state index is 12.5. The topological polar surface area (TPSA) is 129 Å².